The van der Waals surface area contributed by atoms with Crippen molar-refractivity contribution in [3.05, 3.63) is 56.8 Å². The van der Waals surface area contributed by atoms with Crippen molar-refractivity contribution in [2.45, 2.75) is 13.3 Å². The standard InChI is InChI=1S/C18H12F3N3O5/c1-8-13-15-14(11(25)7-12(26)28-15)17(27)24(16(13)23(2)22-8)9-3-5-10(6-4-9)29-18(19,20)21/h3-7,25H,1-2H3. The summed E-state index contributed by atoms with van der Waals surface area (Å²) in [5.74, 6) is -1.03. The molecule has 0 amide bonds. The summed E-state index contributed by atoms with van der Waals surface area (Å²) in [7, 11) is 1.55. The van der Waals surface area contributed by atoms with Gasteiger partial charge in [0, 0.05) is 7.05 Å². The molecular formula is C18H12F3N3O5. The maximum atomic E-state index is 13.1. The minimum Gasteiger partial charge on any atom is -0.507 e. The van der Waals surface area contributed by atoms with Crippen LogP contribution in [0.3, 0.4) is 0 Å². The normalized spacial score (nSPS) is 12.0. The summed E-state index contributed by atoms with van der Waals surface area (Å²) < 4.78 is 48.7. The lowest BCUT2D eigenvalue weighted by Gasteiger charge is -2.13. The monoisotopic (exact) mass is 407 g/mol. The molecule has 8 nitrogen and oxygen atoms in total. The van der Waals surface area contributed by atoms with E-state index in [0.29, 0.717) is 11.1 Å². The third-order valence-corrected chi connectivity index (χ3v) is 4.32. The van der Waals surface area contributed by atoms with Gasteiger partial charge in [-0.05, 0) is 31.2 Å². The van der Waals surface area contributed by atoms with Crippen LogP contribution in [0.25, 0.3) is 27.7 Å². The molecule has 11 heteroatoms. The molecule has 3 aromatic heterocycles. The second kappa shape index (κ2) is 6.12. The summed E-state index contributed by atoms with van der Waals surface area (Å²) in [6, 6.07) is 5.39. The van der Waals surface area contributed by atoms with Gasteiger partial charge in [-0.2, -0.15) is 5.10 Å². The van der Waals surface area contributed by atoms with E-state index >= 15 is 0 Å². The average molecular weight is 407 g/mol. The van der Waals surface area contributed by atoms with Crippen LogP contribution in [0.5, 0.6) is 11.5 Å². The van der Waals surface area contributed by atoms with Crippen LogP contribution in [-0.2, 0) is 7.05 Å². The Morgan fingerprint density at radius 2 is 1.79 bits per heavy atom. The van der Waals surface area contributed by atoms with Crippen molar-refractivity contribution in [3.8, 4) is 17.2 Å². The quantitative estimate of drug-likeness (QED) is 0.549. The molecule has 0 saturated heterocycles. The first-order valence-electron chi connectivity index (χ1n) is 8.18. The number of hydrogen-bond donors (Lipinski definition) is 1. The van der Waals surface area contributed by atoms with Crippen molar-refractivity contribution < 1.29 is 27.4 Å². The molecular weight excluding hydrogens is 395 g/mol. The SMILES string of the molecule is Cc1nn(C)c2c1c1oc(=O)cc(O)c1c(=O)n2-c1ccc(OC(F)(F)F)cc1. The number of halogens is 3. The molecule has 3 heterocycles. The molecule has 1 N–H and O–H groups in total. The minimum absolute atomic E-state index is 0.117. The summed E-state index contributed by atoms with van der Waals surface area (Å²) in [5, 5.41) is 14.5. The molecule has 0 unspecified atom stereocenters. The Morgan fingerprint density at radius 3 is 2.41 bits per heavy atom. The first-order chi connectivity index (χ1) is 13.6. The van der Waals surface area contributed by atoms with Crippen molar-refractivity contribution >= 4 is 22.0 Å². The zero-order chi connectivity index (χ0) is 21.1. The van der Waals surface area contributed by atoms with Crippen LogP contribution in [0.1, 0.15) is 5.69 Å². The molecule has 0 aliphatic heterocycles. The summed E-state index contributed by atoms with van der Waals surface area (Å²) in [6.45, 7) is 1.63. The highest BCUT2D eigenvalue weighted by atomic mass is 19.4. The molecule has 0 bridgehead atoms. The Bertz CT molecular complexity index is 1380. The highest BCUT2D eigenvalue weighted by molar-refractivity contribution is 6.04. The number of pyridine rings is 1. The first-order valence-corrected chi connectivity index (χ1v) is 8.18. The lowest BCUT2D eigenvalue weighted by Crippen LogP contribution is -2.21. The van der Waals surface area contributed by atoms with Gasteiger partial charge in [-0.1, -0.05) is 0 Å². The molecule has 4 rings (SSSR count). The highest BCUT2D eigenvalue weighted by Gasteiger charge is 2.31. The Hall–Kier alpha value is -3.76. The smallest absolute Gasteiger partial charge is 0.507 e. The number of rotatable bonds is 2. The molecule has 0 atom stereocenters. The molecule has 4 aromatic rings. The second-order valence-electron chi connectivity index (χ2n) is 6.24. The van der Waals surface area contributed by atoms with Gasteiger partial charge in [0.1, 0.15) is 22.5 Å². The van der Waals surface area contributed by atoms with E-state index < -0.39 is 29.0 Å². The topological polar surface area (TPSA) is 99.5 Å². The number of fused-ring (bicyclic) bond motifs is 3. The summed E-state index contributed by atoms with van der Waals surface area (Å²) in [4.78, 5) is 24.9. The molecule has 0 radical (unpaired) electrons. The number of hydrogen-bond acceptors (Lipinski definition) is 6. The first kappa shape index (κ1) is 18.6. The Balaban J connectivity index is 2.08. The molecule has 0 saturated carbocycles. The van der Waals surface area contributed by atoms with E-state index in [4.69, 9.17) is 4.42 Å². The van der Waals surface area contributed by atoms with Gasteiger partial charge in [-0.15, -0.1) is 13.2 Å². The summed E-state index contributed by atoms with van der Waals surface area (Å²) in [5.41, 5.74) is -0.837. The van der Waals surface area contributed by atoms with Crippen LogP contribution in [0.2, 0.25) is 0 Å². The van der Waals surface area contributed by atoms with Crippen molar-refractivity contribution in [1.29, 1.82) is 0 Å². The third kappa shape index (κ3) is 3.00. The van der Waals surface area contributed by atoms with Crippen LogP contribution < -0.4 is 15.9 Å². The van der Waals surface area contributed by atoms with Crippen molar-refractivity contribution in [2.24, 2.45) is 7.05 Å². The van der Waals surface area contributed by atoms with Gasteiger partial charge >= 0.3 is 12.0 Å². The molecule has 1 aromatic carbocycles. The van der Waals surface area contributed by atoms with Crippen molar-refractivity contribution in [2.75, 3.05) is 0 Å². The zero-order valence-corrected chi connectivity index (χ0v) is 14.9. The van der Waals surface area contributed by atoms with E-state index in [1.165, 1.54) is 16.8 Å². The summed E-state index contributed by atoms with van der Waals surface area (Å²) in [6.07, 6.45) is -4.85. The number of alkyl halides is 3. The van der Waals surface area contributed by atoms with E-state index in [1.807, 2.05) is 0 Å². The predicted molar refractivity (Wildman–Crippen MR) is 95.4 cm³/mol. The van der Waals surface area contributed by atoms with Gasteiger partial charge in [0.25, 0.3) is 5.56 Å². The molecule has 0 spiro atoms. The van der Waals surface area contributed by atoms with Crippen molar-refractivity contribution in [1.82, 2.24) is 14.3 Å². The van der Waals surface area contributed by atoms with E-state index in [-0.39, 0.29) is 22.3 Å². The number of ether oxygens (including phenoxy) is 1. The maximum absolute atomic E-state index is 13.1. The van der Waals surface area contributed by atoms with E-state index in [2.05, 4.69) is 9.84 Å². The lowest BCUT2D eigenvalue weighted by atomic mass is 10.1. The van der Waals surface area contributed by atoms with Gasteiger partial charge in [0.15, 0.2) is 5.58 Å². The van der Waals surface area contributed by atoms with Gasteiger partial charge < -0.3 is 14.3 Å². The number of aryl methyl sites for hydroxylation is 2. The number of aromatic nitrogens is 3. The molecule has 150 valence electrons. The van der Waals surface area contributed by atoms with Gasteiger partial charge in [-0.3, -0.25) is 14.0 Å². The largest absolute Gasteiger partial charge is 0.573 e. The lowest BCUT2D eigenvalue weighted by molar-refractivity contribution is -0.274. The van der Waals surface area contributed by atoms with E-state index in [9.17, 15) is 27.9 Å². The zero-order valence-electron chi connectivity index (χ0n) is 14.9. The van der Waals surface area contributed by atoms with Crippen LogP contribution in [0, 0.1) is 6.92 Å². The molecule has 0 aliphatic carbocycles. The Kier molecular flexibility index (Phi) is 3.93. The fourth-order valence-corrected chi connectivity index (χ4v) is 3.28. The average Bonchev–Trinajstić information content (AvgIpc) is 2.89. The Morgan fingerprint density at radius 1 is 1.14 bits per heavy atom. The highest BCUT2D eigenvalue weighted by Crippen LogP contribution is 2.31. The van der Waals surface area contributed by atoms with Crippen LogP contribution in [0.4, 0.5) is 13.2 Å². The summed E-state index contributed by atoms with van der Waals surface area (Å²) >= 11 is 0. The van der Waals surface area contributed by atoms with Gasteiger partial charge in [0.2, 0.25) is 0 Å². The molecule has 29 heavy (non-hydrogen) atoms. The fourth-order valence-electron chi connectivity index (χ4n) is 3.28. The van der Waals surface area contributed by atoms with Crippen LogP contribution in [0.15, 0.2) is 44.3 Å². The molecule has 0 aliphatic rings. The van der Waals surface area contributed by atoms with Crippen LogP contribution in [-0.4, -0.2) is 25.8 Å². The Labute approximate surface area is 159 Å². The molecule has 0 fully saturated rings. The van der Waals surface area contributed by atoms with E-state index in [0.717, 1.165) is 22.8 Å². The predicted octanol–water partition coefficient (Wildman–Crippen LogP) is 2.74. The second-order valence-corrected chi connectivity index (χ2v) is 6.24. The van der Waals surface area contributed by atoms with Crippen molar-refractivity contribution in [3.63, 3.8) is 0 Å². The van der Waals surface area contributed by atoms with Gasteiger partial charge in [0.05, 0.1) is 22.8 Å². The fraction of sp³-hybridized carbons (Fsp3) is 0.167. The minimum atomic E-state index is -4.85. The maximum Gasteiger partial charge on any atom is 0.573 e. The van der Waals surface area contributed by atoms with Crippen LogP contribution >= 0.6 is 0 Å². The third-order valence-electron chi connectivity index (χ3n) is 4.32. The van der Waals surface area contributed by atoms with E-state index in [1.54, 1.807) is 14.0 Å². The van der Waals surface area contributed by atoms with Gasteiger partial charge in [-0.25, -0.2) is 4.79 Å². The number of aromatic hydroxyl groups is 1. The number of nitrogens with zero attached hydrogens (tertiary/aromatic N) is 3. The number of benzene rings is 1.